The van der Waals surface area contributed by atoms with E-state index >= 15 is 0 Å². The van der Waals surface area contributed by atoms with Crippen molar-refractivity contribution in [1.82, 2.24) is 0 Å². The van der Waals surface area contributed by atoms with Gasteiger partial charge in [0.2, 0.25) is 5.91 Å². The van der Waals surface area contributed by atoms with Crippen molar-refractivity contribution in [3.63, 3.8) is 0 Å². The third-order valence-corrected chi connectivity index (χ3v) is 6.72. The minimum Gasteiger partial charge on any atom is -0.326 e. The van der Waals surface area contributed by atoms with E-state index in [1.807, 2.05) is 23.9 Å². The van der Waals surface area contributed by atoms with E-state index in [0.29, 0.717) is 5.41 Å². The molecule has 0 atom stereocenters. The van der Waals surface area contributed by atoms with Crippen molar-refractivity contribution < 1.29 is 4.79 Å². The normalized spacial score (nSPS) is 18.0. The van der Waals surface area contributed by atoms with Gasteiger partial charge in [-0.25, -0.2) is 0 Å². The summed E-state index contributed by atoms with van der Waals surface area (Å²) in [4.78, 5) is 12.3. The molecular weight excluding hydrogens is 346 g/mol. The van der Waals surface area contributed by atoms with Crippen LogP contribution in [0.4, 0.5) is 5.69 Å². The number of carbonyl (C=O) groups excluding carboxylic acids is 1. The first kappa shape index (κ1) is 16.9. The first-order valence-electron chi connectivity index (χ1n) is 7.70. The molecule has 0 aromatic heterocycles. The van der Waals surface area contributed by atoms with Gasteiger partial charge < -0.3 is 5.32 Å². The average molecular weight is 370 g/mol. The summed E-state index contributed by atoms with van der Waals surface area (Å²) in [5, 5.41) is 3.92. The minimum absolute atomic E-state index is 0.0212. The Balaban J connectivity index is 1.92. The molecule has 0 radical (unpaired) electrons. The second-order valence-electron chi connectivity index (χ2n) is 6.04. The summed E-state index contributed by atoms with van der Waals surface area (Å²) in [6.45, 7) is 1.54. The van der Waals surface area contributed by atoms with Gasteiger partial charge in [0.1, 0.15) is 0 Å². The van der Waals surface area contributed by atoms with Crippen LogP contribution in [0, 0.1) is 5.41 Å². The fraction of sp³-hybridized carbons (Fsp3) is 0.588. The molecule has 0 spiro atoms. The van der Waals surface area contributed by atoms with Crippen LogP contribution in [-0.2, 0) is 4.79 Å². The summed E-state index contributed by atoms with van der Waals surface area (Å²) in [7, 11) is 0. The second kappa shape index (κ2) is 8.23. The minimum atomic E-state index is -0.0212. The summed E-state index contributed by atoms with van der Waals surface area (Å²) in [6.07, 6.45) is 8.21. The predicted octanol–water partition coefficient (Wildman–Crippen LogP) is 5.47. The molecule has 0 aliphatic heterocycles. The lowest BCUT2D eigenvalue weighted by Crippen LogP contribution is -2.25. The van der Waals surface area contributed by atoms with Gasteiger partial charge in [0.15, 0.2) is 0 Å². The molecule has 0 saturated heterocycles. The highest BCUT2D eigenvalue weighted by atomic mass is 79.9. The number of anilines is 1. The maximum absolute atomic E-state index is 11.0. The molecule has 0 unspecified atom stereocenters. The highest BCUT2D eigenvalue weighted by molar-refractivity contribution is 9.09. The molecule has 1 aromatic carbocycles. The highest BCUT2D eigenvalue weighted by Gasteiger charge is 2.29. The fourth-order valence-electron chi connectivity index (χ4n) is 2.87. The van der Waals surface area contributed by atoms with Gasteiger partial charge in [-0.05, 0) is 42.5 Å². The highest BCUT2D eigenvalue weighted by Crippen LogP contribution is 2.41. The van der Waals surface area contributed by atoms with Gasteiger partial charge in [0.25, 0.3) is 0 Å². The van der Waals surface area contributed by atoms with Crippen molar-refractivity contribution in [2.45, 2.75) is 50.3 Å². The van der Waals surface area contributed by atoms with E-state index in [9.17, 15) is 4.79 Å². The molecule has 0 heterocycles. The van der Waals surface area contributed by atoms with Gasteiger partial charge in [-0.1, -0.05) is 41.6 Å². The molecule has 2 nitrogen and oxygen atoms in total. The molecule has 116 valence electrons. The Kier molecular flexibility index (Phi) is 6.62. The number of hydrogen-bond donors (Lipinski definition) is 1. The lowest BCUT2D eigenvalue weighted by Gasteiger charge is -2.30. The molecule has 0 bridgehead atoms. The Hall–Kier alpha value is -0.480. The van der Waals surface area contributed by atoms with Gasteiger partial charge in [-0.3, -0.25) is 4.79 Å². The van der Waals surface area contributed by atoms with Crippen LogP contribution in [-0.4, -0.2) is 17.0 Å². The van der Waals surface area contributed by atoms with Crippen LogP contribution in [0.25, 0.3) is 0 Å². The third kappa shape index (κ3) is 5.33. The van der Waals surface area contributed by atoms with Gasteiger partial charge in [0, 0.05) is 28.6 Å². The number of alkyl halides is 1. The summed E-state index contributed by atoms with van der Waals surface area (Å²) in [5.74, 6) is 1.16. The first-order chi connectivity index (χ1) is 10.1. The standard InChI is InChI=1S/C17H24BrNOS/c1-14(20)19-15-6-8-16(9-7-15)21-13-17(12-18)10-4-2-3-5-11-17/h6-9H,2-5,10-13H2,1H3,(H,19,20). The zero-order valence-corrected chi connectivity index (χ0v) is 15.1. The van der Waals surface area contributed by atoms with Crippen molar-refractivity contribution in [3.05, 3.63) is 24.3 Å². The van der Waals surface area contributed by atoms with Gasteiger partial charge in [0.05, 0.1) is 0 Å². The number of thioether (sulfide) groups is 1. The third-order valence-electron chi connectivity index (χ3n) is 4.17. The molecule has 1 aliphatic carbocycles. The fourth-order valence-corrected chi connectivity index (χ4v) is 5.08. The monoisotopic (exact) mass is 369 g/mol. The van der Waals surface area contributed by atoms with E-state index < -0.39 is 0 Å². The molecule has 2 rings (SSSR count). The number of amides is 1. The number of benzene rings is 1. The Morgan fingerprint density at radius 2 is 1.81 bits per heavy atom. The van der Waals surface area contributed by atoms with Crippen LogP contribution in [0.15, 0.2) is 29.2 Å². The van der Waals surface area contributed by atoms with Crippen LogP contribution in [0.3, 0.4) is 0 Å². The molecule has 1 amide bonds. The van der Waals surface area contributed by atoms with Crippen LogP contribution in [0.2, 0.25) is 0 Å². The molecule has 1 saturated carbocycles. The molecule has 21 heavy (non-hydrogen) atoms. The molecular formula is C17H24BrNOS. The van der Waals surface area contributed by atoms with Crippen LogP contribution < -0.4 is 5.32 Å². The number of hydrogen-bond acceptors (Lipinski definition) is 2. The SMILES string of the molecule is CC(=O)Nc1ccc(SCC2(CBr)CCCCCC2)cc1. The summed E-state index contributed by atoms with van der Waals surface area (Å²) >= 11 is 5.70. The van der Waals surface area contributed by atoms with E-state index in [1.165, 1.54) is 56.1 Å². The summed E-state index contributed by atoms with van der Waals surface area (Å²) in [6, 6.07) is 8.18. The smallest absolute Gasteiger partial charge is 0.221 e. The molecule has 1 fully saturated rings. The molecule has 4 heteroatoms. The van der Waals surface area contributed by atoms with Crippen molar-refractivity contribution in [3.8, 4) is 0 Å². The summed E-state index contributed by atoms with van der Waals surface area (Å²) < 4.78 is 0. The Morgan fingerprint density at radius 1 is 1.19 bits per heavy atom. The molecule has 1 aliphatic rings. The zero-order valence-electron chi connectivity index (χ0n) is 12.7. The van der Waals surface area contributed by atoms with E-state index in [0.717, 1.165) is 11.0 Å². The van der Waals surface area contributed by atoms with Crippen molar-refractivity contribution >= 4 is 39.3 Å². The number of halogens is 1. The van der Waals surface area contributed by atoms with Crippen molar-refractivity contribution in [1.29, 1.82) is 0 Å². The zero-order chi connectivity index (χ0) is 15.1. The number of carbonyl (C=O) groups is 1. The average Bonchev–Trinajstić information content (AvgIpc) is 2.72. The largest absolute Gasteiger partial charge is 0.326 e. The van der Waals surface area contributed by atoms with E-state index in [4.69, 9.17) is 0 Å². The van der Waals surface area contributed by atoms with Crippen LogP contribution >= 0.6 is 27.7 Å². The van der Waals surface area contributed by atoms with Gasteiger partial charge in [-0.15, -0.1) is 11.8 Å². The molecule has 1 aromatic rings. The maximum Gasteiger partial charge on any atom is 0.221 e. The van der Waals surface area contributed by atoms with E-state index in [1.54, 1.807) is 0 Å². The maximum atomic E-state index is 11.0. The van der Waals surface area contributed by atoms with Crippen molar-refractivity contribution in [2.75, 3.05) is 16.4 Å². The topological polar surface area (TPSA) is 29.1 Å². The number of nitrogens with one attached hydrogen (secondary N) is 1. The van der Waals surface area contributed by atoms with Gasteiger partial charge in [-0.2, -0.15) is 0 Å². The van der Waals surface area contributed by atoms with E-state index in [-0.39, 0.29) is 5.91 Å². The number of rotatable bonds is 5. The summed E-state index contributed by atoms with van der Waals surface area (Å²) in [5.41, 5.74) is 1.33. The molecule has 1 N–H and O–H groups in total. The van der Waals surface area contributed by atoms with Crippen molar-refractivity contribution in [2.24, 2.45) is 5.41 Å². The lowest BCUT2D eigenvalue weighted by atomic mass is 9.85. The van der Waals surface area contributed by atoms with E-state index in [2.05, 4.69) is 33.4 Å². The van der Waals surface area contributed by atoms with Gasteiger partial charge >= 0.3 is 0 Å². The van der Waals surface area contributed by atoms with Crippen LogP contribution in [0.5, 0.6) is 0 Å². The second-order valence-corrected chi connectivity index (χ2v) is 7.65. The Morgan fingerprint density at radius 3 is 2.33 bits per heavy atom. The Labute approximate surface area is 140 Å². The lowest BCUT2D eigenvalue weighted by molar-refractivity contribution is -0.114. The Bertz CT molecular complexity index is 452. The van der Waals surface area contributed by atoms with Crippen LogP contribution in [0.1, 0.15) is 45.4 Å². The predicted molar refractivity (Wildman–Crippen MR) is 95.4 cm³/mol. The first-order valence-corrected chi connectivity index (χ1v) is 9.81. The quantitative estimate of drug-likeness (QED) is 0.423.